The van der Waals surface area contributed by atoms with Crippen molar-refractivity contribution in [2.45, 2.75) is 38.5 Å². The van der Waals surface area contributed by atoms with Gasteiger partial charge in [0.05, 0.1) is 22.3 Å². The van der Waals surface area contributed by atoms with E-state index in [4.69, 9.17) is 9.47 Å². The lowest BCUT2D eigenvalue weighted by atomic mass is 10.2. The topological polar surface area (TPSA) is 90.7 Å². The number of sulfonamides is 1. The number of benzene rings is 2. The van der Waals surface area contributed by atoms with E-state index in [1.807, 2.05) is 56.7 Å². The first kappa shape index (κ1) is 24.7. The molecule has 0 fully saturated rings. The summed E-state index contributed by atoms with van der Waals surface area (Å²) in [6.07, 6.45) is 0.563. The van der Waals surface area contributed by atoms with Gasteiger partial charge in [-0.25, -0.2) is 13.4 Å². The maximum Gasteiger partial charge on any atom is 0.306 e. The van der Waals surface area contributed by atoms with Gasteiger partial charge >= 0.3 is 5.97 Å². The Bertz CT molecular complexity index is 1200. The number of carbonyl (C=O) groups excluding carboxylic acids is 1. The second kappa shape index (κ2) is 10.8. The van der Waals surface area contributed by atoms with Gasteiger partial charge in [-0.2, -0.15) is 4.31 Å². The number of aryl methyl sites for hydroxylation is 3. The van der Waals surface area contributed by atoms with Crippen LogP contribution in [0, 0.1) is 6.92 Å². The fourth-order valence-electron chi connectivity index (χ4n) is 3.56. The molecule has 8 nitrogen and oxygen atoms in total. The summed E-state index contributed by atoms with van der Waals surface area (Å²) >= 11 is 0. The van der Waals surface area contributed by atoms with Gasteiger partial charge < -0.3 is 14.0 Å². The van der Waals surface area contributed by atoms with Crippen LogP contribution in [0.1, 0.15) is 31.7 Å². The van der Waals surface area contributed by atoms with Crippen LogP contribution in [0.4, 0.5) is 0 Å². The molecule has 0 unspecified atom stereocenters. The van der Waals surface area contributed by atoms with E-state index in [9.17, 15) is 13.2 Å². The van der Waals surface area contributed by atoms with Crippen molar-refractivity contribution in [3.63, 3.8) is 0 Å². The molecule has 0 aliphatic heterocycles. The molecule has 0 aliphatic rings. The van der Waals surface area contributed by atoms with Crippen LogP contribution in [0.2, 0.25) is 0 Å². The molecule has 0 saturated heterocycles. The fourth-order valence-corrected chi connectivity index (χ4v) is 5.04. The summed E-state index contributed by atoms with van der Waals surface area (Å²) in [6.45, 7) is 6.89. The number of rotatable bonds is 11. The number of nitrogens with zero attached hydrogens (tertiary/aromatic N) is 3. The van der Waals surface area contributed by atoms with Gasteiger partial charge in [-0.15, -0.1) is 0 Å². The minimum Gasteiger partial charge on any atom is -0.490 e. The number of hydrogen-bond donors (Lipinski definition) is 0. The Balaban J connectivity index is 1.57. The Morgan fingerprint density at radius 3 is 2.42 bits per heavy atom. The lowest BCUT2D eigenvalue weighted by Gasteiger charge is -2.18. The normalized spacial score (nSPS) is 11.8. The summed E-state index contributed by atoms with van der Waals surface area (Å²) in [4.78, 5) is 16.9. The van der Waals surface area contributed by atoms with Gasteiger partial charge in [0.2, 0.25) is 10.0 Å². The van der Waals surface area contributed by atoms with Crippen LogP contribution in [-0.2, 0) is 33.0 Å². The molecule has 33 heavy (non-hydrogen) atoms. The van der Waals surface area contributed by atoms with Crippen LogP contribution in [0.3, 0.4) is 0 Å². The molecule has 0 radical (unpaired) electrons. The van der Waals surface area contributed by atoms with E-state index in [2.05, 4.69) is 4.98 Å². The number of ether oxygens (including phenoxy) is 2. The van der Waals surface area contributed by atoms with Gasteiger partial charge in [0.15, 0.2) is 0 Å². The van der Waals surface area contributed by atoms with Crippen LogP contribution >= 0.6 is 0 Å². The molecule has 0 atom stereocenters. The monoisotopic (exact) mass is 473 g/mol. The molecule has 178 valence electrons. The Morgan fingerprint density at radius 1 is 1.06 bits per heavy atom. The summed E-state index contributed by atoms with van der Waals surface area (Å²) in [7, 11) is -1.71. The fraction of sp³-hybridized carbons (Fsp3) is 0.417. The molecule has 0 amide bonds. The van der Waals surface area contributed by atoms with Crippen molar-refractivity contribution in [1.82, 2.24) is 13.9 Å². The minimum absolute atomic E-state index is 0.168. The Labute approximate surface area is 195 Å². The number of hydrogen-bond acceptors (Lipinski definition) is 6. The van der Waals surface area contributed by atoms with Crippen molar-refractivity contribution >= 4 is 27.0 Å². The van der Waals surface area contributed by atoms with E-state index in [0.717, 1.165) is 16.8 Å². The SMILES string of the molecule is CCN(CC)S(=O)(=O)c1ccc2c(c1)nc(CCC(=O)OCCOc1ccc(C)cc1)n2C. The smallest absolute Gasteiger partial charge is 0.306 e. The van der Waals surface area contributed by atoms with Gasteiger partial charge in [0.25, 0.3) is 0 Å². The number of imidazole rings is 1. The Hall–Kier alpha value is -2.91. The molecule has 2 aromatic carbocycles. The zero-order chi connectivity index (χ0) is 24.0. The van der Waals surface area contributed by atoms with Gasteiger partial charge in [-0.05, 0) is 37.3 Å². The van der Waals surface area contributed by atoms with Gasteiger partial charge in [-0.1, -0.05) is 31.5 Å². The molecule has 0 spiro atoms. The van der Waals surface area contributed by atoms with E-state index in [0.29, 0.717) is 30.9 Å². The van der Waals surface area contributed by atoms with Crippen LogP contribution in [0.5, 0.6) is 5.75 Å². The first-order valence-electron chi connectivity index (χ1n) is 11.1. The highest BCUT2D eigenvalue weighted by atomic mass is 32.2. The first-order chi connectivity index (χ1) is 15.8. The zero-order valence-electron chi connectivity index (χ0n) is 19.6. The maximum atomic E-state index is 12.8. The highest BCUT2D eigenvalue weighted by Crippen LogP contribution is 2.23. The number of esters is 1. The molecule has 1 aromatic heterocycles. The molecular weight excluding hydrogens is 442 g/mol. The molecule has 3 rings (SSSR count). The summed E-state index contributed by atoms with van der Waals surface area (Å²) in [5.41, 5.74) is 2.54. The van der Waals surface area contributed by atoms with E-state index < -0.39 is 10.0 Å². The van der Waals surface area contributed by atoms with Gasteiger partial charge in [0.1, 0.15) is 24.8 Å². The third-order valence-corrected chi connectivity index (χ3v) is 7.52. The van der Waals surface area contributed by atoms with Crippen molar-refractivity contribution < 1.29 is 22.7 Å². The minimum atomic E-state index is -3.56. The number of aromatic nitrogens is 2. The lowest BCUT2D eigenvalue weighted by Crippen LogP contribution is -2.30. The number of fused-ring (bicyclic) bond motifs is 1. The molecule has 0 N–H and O–H groups in total. The van der Waals surface area contributed by atoms with Crippen molar-refractivity contribution in [2.75, 3.05) is 26.3 Å². The van der Waals surface area contributed by atoms with Gasteiger partial charge in [0, 0.05) is 26.6 Å². The predicted octanol–water partition coefficient (Wildman–Crippen LogP) is 3.47. The highest BCUT2D eigenvalue weighted by molar-refractivity contribution is 7.89. The molecule has 0 bridgehead atoms. The summed E-state index contributed by atoms with van der Waals surface area (Å²) in [5, 5.41) is 0. The standard InChI is InChI=1S/C24H31N3O5S/c1-5-27(6-2)33(29,30)20-11-12-22-21(17-20)25-23(26(22)4)13-14-24(28)32-16-15-31-19-9-7-18(3)8-10-19/h7-12,17H,5-6,13-16H2,1-4H3. The van der Waals surface area contributed by atoms with Crippen molar-refractivity contribution in [1.29, 1.82) is 0 Å². The van der Waals surface area contributed by atoms with Crippen LogP contribution in [-0.4, -0.2) is 54.5 Å². The quantitative estimate of drug-likeness (QED) is 0.313. The zero-order valence-corrected chi connectivity index (χ0v) is 20.4. The second-order valence-electron chi connectivity index (χ2n) is 7.71. The first-order valence-corrected chi connectivity index (χ1v) is 12.5. The van der Waals surface area contributed by atoms with E-state index in [1.54, 1.807) is 18.2 Å². The molecule has 0 saturated carbocycles. The van der Waals surface area contributed by atoms with Crippen molar-refractivity contribution in [2.24, 2.45) is 7.05 Å². The third kappa shape index (κ3) is 5.91. The maximum absolute atomic E-state index is 12.8. The molecule has 1 heterocycles. The average molecular weight is 474 g/mol. The molecular formula is C24H31N3O5S. The van der Waals surface area contributed by atoms with Crippen LogP contribution in [0.15, 0.2) is 47.4 Å². The predicted molar refractivity (Wildman–Crippen MR) is 127 cm³/mol. The van der Waals surface area contributed by atoms with E-state index >= 15 is 0 Å². The highest BCUT2D eigenvalue weighted by Gasteiger charge is 2.22. The summed E-state index contributed by atoms with van der Waals surface area (Å²) in [6, 6.07) is 12.6. The molecule has 3 aromatic rings. The van der Waals surface area contributed by atoms with Crippen molar-refractivity contribution in [3.8, 4) is 5.75 Å². The Kier molecular flexibility index (Phi) is 8.10. The lowest BCUT2D eigenvalue weighted by molar-refractivity contribution is -0.144. The number of carbonyl (C=O) groups is 1. The third-order valence-electron chi connectivity index (χ3n) is 5.48. The summed E-state index contributed by atoms with van der Waals surface area (Å²) in [5.74, 6) is 1.09. The molecule has 0 aliphatic carbocycles. The largest absolute Gasteiger partial charge is 0.490 e. The second-order valence-corrected chi connectivity index (χ2v) is 9.65. The summed E-state index contributed by atoms with van der Waals surface area (Å²) < 4.78 is 39.7. The Morgan fingerprint density at radius 2 is 1.76 bits per heavy atom. The average Bonchev–Trinajstić information content (AvgIpc) is 3.12. The van der Waals surface area contributed by atoms with Crippen LogP contribution < -0.4 is 4.74 Å². The van der Waals surface area contributed by atoms with E-state index in [1.165, 1.54) is 4.31 Å². The van der Waals surface area contributed by atoms with Crippen molar-refractivity contribution in [3.05, 3.63) is 53.9 Å². The van der Waals surface area contributed by atoms with E-state index in [-0.39, 0.29) is 30.5 Å². The van der Waals surface area contributed by atoms with Gasteiger partial charge in [-0.3, -0.25) is 4.79 Å². The molecule has 9 heteroatoms. The van der Waals surface area contributed by atoms with Crippen LogP contribution in [0.25, 0.3) is 11.0 Å².